The number of carbonyl (C=O) groups is 3. The van der Waals surface area contributed by atoms with E-state index in [2.05, 4.69) is 16.9 Å². The second kappa shape index (κ2) is 17.3. The van der Waals surface area contributed by atoms with Crippen molar-refractivity contribution in [3.63, 3.8) is 0 Å². The van der Waals surface area contributed by atoms with Crippen LogP contribution in [0.4, 0.5) is 4.79 Å². The van der Waals surface area contributed by atoms with Gasteiger partial charge in [-0.2, -0.15) is 15.2 Å². The van der Waals surface area contributed by atoms with Crippen LogP contribution in [-0.2, 0) is 39.8 Å². The monoisotopic (exact) mass is 809 g/mol. The lowest BCUT2D eigenvalue weighted by atomic mass is 9.73. The third-order valence-electron chi connectivity index (χ3n) is 12.9. The van der Waals surface area contributed by atoms with Gasteiger partial charge in [-0.15, -0.1) is 0 Å². The van der Waals surface area contributed by atoms with Gasteiger partial charge in [0.2, 0.25) is 0 Å². The van der Waals surface area contributed by atoms with Crippen LogP contribution in [0.15, 0.2) is 42.2 Å². The molecule has 3 fully saturated rings. The van der Waals surface area contributed by atoms with E-state index >= 15 is 0 Å². The minimum Gasteiger partial charge on any atom is -0.457 e. The van der Waals surface area contributed by atoms with Crippen molar-refractivity contribution in [1.29, 1.82) is 0 Å². The number of hydrazone groups is 1. The van der Waals surface area contributed by atoms with Gasteiger partial charge in [-0.25, -0.2) is 9.78 Å². The Morgan fingerprint density at radius 3 is 2.47 bits per heavy atom. The first-order valence-corrected chi connectivity index (χ1v) is 20.7. The van der Waals surface area contributed by atoms with E-state index in [1.165, 1.54) is 6.92 Å². The molecular formula is C42H63N7O9. The topological polar surface area (TPSA) is 170 Å². The number of likely N-dealkylation sites (N-methyl/N-ethyl adjacent to an activating group) is 1. The van der Waals surface area contributed by atoms with Crippen LogP contribution in [0.2, 0.25) is 0 Å². The van der Waals surface area contributed by atoms with Crippen LogP contribution in [-0.4, -0.2) is 140 Å². The van der Waals surface area contributed by atoms with E-state index in [9.17, 15) is 19.5 Å². The van der Waals surface area contributed by atoms with Gasteiger partial charge < -0.3 is 38.3 Å². The minimum absolute atomic E-state index is 0.230. The Morgan fingerprint density at radius 1 is 1.07 bits per heavy atom. The first-order valence-electron chi connectivity index (χ1n) is 20.7. The van der Waals surface area contributed by atoms with E-state index in [1.807, 2.05) is 76.5 Å². The number of hydrogen-bond acceptors (Lipinski definition) is 14. The van der Waals surface area contributed by atoms with Crippen LogP contribution in [0.5, 0.6) is 0 Å². The van der Waals surface area contributed by atoms with Crippen LogP contribution in [0.25, 0.3) is 11.3 Å². The van der Waals surface area contributed by atoms with Gasteiger partial charge in [0.05, 0.1) is 36.4 Å². The van der Waals surface area contributed by atoms with E-state index in [0.717, 1.165) is 17.0 Å². The molecule has 13 atom stereocenters. The van der Waals surface area contributed by atoms with E-state index in [-0.39, 0.29) is 24.0 Å². The van der Waals surface area contributed by atoms with Crippen LogP contribution in [0, 0.1) is 23.7 Å². The Morgan fingerprint density at radius 2 is 1.81 bits per heavy atom. The molecule has 0 spiro atoms. The second-order valence-corrected chi connectivity index (χ2v) is 17.3. The summed E-state index contributed by atoms with van der Waals surface area (Å²) in [5.74, 6) is -3.80. The Labute approximate surface area is 342 Å². The number of fused-ring (bicyclic) bond motifs is 1. The molecule has 320 valence electrons. The molecule has 4 aliphatic heterocycles. The lowest BCUT2D eigenvalue weighted by Crippen LogP contribution is -2.63. The molecule has 3 saturated heterocycles. The van der Waals surface area contributed by atoms with Crippen LogP contribution < -0.4 is 0 Å². The number of ketones is 1. The largest absolute Gasteiger partial charge is 0.457 e. The van der Waals surface area contributed by atoms with Crippen LogP contribution in [0.1, 0.15) is 81.1 Å². The average Bonchev–Trinajstić information content (AvgIpc) is 3.78. The summed E-state index contributed by atoms with van der Waals surface area (Å²) in [6, 6.07) is 2.99. The molecule has 0 saturated carbocycles. The number of pyridine rings is 1. The molecule has 1 amide bonds. The third-order valence-corrected chi connectivity index (χ3v) is 12.9. The number of nitrogens with zero attached hydrogens (tertiary/aromatic N) is 7. The molecule has 4 aliphatic rings. The number of Topliss-reactive ketones (excluding diaryl/α,β-unsaturated/α-hetero) is 1. The molecule has 16 heteroatoms. The number of hydrazine groups is 1. The average molecular weight is 810 g/mol. The summed E-state index contributed by atoms with van der Waals surface area (Å²) in [5.41, 5.74) is 0.114. The van der Waals surface area contributed by atoms with Crippen molar-refractivity contribution in [1.82, 2.24) is 29.6 Å². The minimum atomic E-state index is -1.27. The number of aryl methyl sites for hydroxylation is 1. The molecule has 0 aromatic carbocycles. The first-order chi connectivity index (χ1) is 27.4. The molecule has 2 aromatic heterocycles. The van der Waals surface area contributed by atoms with Crippen molar-refractivity contribution in [3.05, 3.63) is 37.1 Å². The number of esters is 1. The van der Waals surface area contributed by atoms with Gasteiger partial charge in [-0.3, -0.25) is 14.6 Å². The Hall–Kier alpha value is -3.96. The second-order valence-electron chi connectivity index (χ2n) is 17.3. The zero-order valence-electron chi connectivity index (χ0n) is 35.9. The third kappa shape index (κ3) is 8.27. The van der Waals surface area contributed by atoms with Gasteiger partial charge in [0.25, 0.3) is 0 Å². The molecule has 0 aliphatic carbocycles. The number of amides is 1. The zero-order valence-corrected chi connectivity index (χ0v) is 35.9. The van der Waals surface area contributed by atoms with E-state index in [4.69, 9.17) is 28.8 Å². The summed E-state index contributed by atoms with van der Waals surface area (Å²) in [6.45, 7) is 15.8. The number of hydrogen-bond donors (Lipinski definition) is 1. The molecule has 0 radical (unpaired) electrons. The molecule has 6 rings (SSSR count). The number of carbonyl (C=O) groups excluding carboxylic acids is 3. The summed E-state index contributed by atoms with van der Waals surface area (Å²) in [4.78, 5) is 53.0. The molecule has 2 aromatic rings. The predicted octanol–water partition coefficient (Wildman–Crippen LogP) is 4.56. The quantitative estimate of drug-likeness (QED) is 0.262. The summed E-state index contributed by atoms with van der Waals surface area (Å²) < 4.78 is 33.7. The molecule has 1 unspecified atom stereocenters. The van der Waals surface area contributed by atoms with Gasteiger partial charge in [-0.1, -0.05) is 27.7 Å². The highest BCUT2D eigenvalue weighted by Gasteiger charge is 2.63. The Bertz CT molecular complexity index is 1810. The maximum Gasteiger partial charge on any atom is 0.431 e. The maximum absolute atomic E-state index is 14.4. The van der Waals surface area contributed by atoms with Gasteiger partial charge in [-0.05, 0) is 85.5 Å². The highest BCUT2D eigenvalue weighted by atomic mass is 16.7. The van der Waals surface area contributed by atoms with Crippen molar-refractivity contribution in [2.45, 2.75) is 142 Å². The van der Waals surface area contributed by atoms with Crippen molar-refractivity contribution in [3.8, 4) is 11.3 Å². The van der Waals surface area contributed by atoms with E-state index < -0.39 is 71.5 Å². The van der Waals surface area contributed by atoms with Crippen molar-refractivity contribution >= 4 is 23.6 Å². The molecule has 58 heavy (non-hydrogen) atoms. The number of methoxy groups -OCH3 is 1. The van der Waals surface area contributed by atoms with Gasteiger partial charge in [0.1, 0.15) is 24.2 Å². The van der Waals surface area contributed by atoms with Crippen LogP contribution in [0.3, 0.4) is 0 Å². The molecular weight excluding hydrogens is 747 g/mol. The predicted molar refractivity (Wildman–Crippen MR) is 214 cm³/mol. The number of aliphatic hydroxyl groups is 1. The highest BCUT2D eigenvalue weighted by Crippen LogP contribution is 2.45. The summed E-state index contributed by atoms with van der Waals surface area (Å²) in [6.07, 6.45) is 4.41. The highest BCUT2D eigenvalue weighted by molar-refractivity contribution is 6.00. The number of rotatable bonds is 10. The lowest BCUT2D eigenvalue weighted by Gasteiger charge is -2.49. The number of ether oxygens (including phenoxy) is 5. The first kappa shape index (κ1) is 43.6. The van der Waals surface area contributed by atoms with E-state index in [0.29, 0.717) is 38.8 Å². The van der Waals surface area contributed by atoms with E-state index in [1.54, 1.807) is 42.9 Å². The zero-order chi connectivity index (χ0) is 42.3. The molecule has 2 bridgehead atoms. The fourth-order valence-corrected chi connectivity index (χ4v) is 9.66. The lowest BCUT2D eigenvalue weighted by molar-refractivity contribution is -0.295. The number of imidazole rings is 1. The van der Waals surface area contributed by atoms with Gasteiger partial charge in [0, 0.05) is 61.4 Å². The maximum atomic E-state index is 14.4. The summed E-state index contributed by atoms with van der Waals surface area (Å²) in [5, 5.41) is 20.0. The molecule has 6 heterocycles. The Kier molecular flexibility index (Phi) is 13.0. The SMILES string of the molecule is CC[C@H]1OC(=O)[C@H](C)C(=O)[C@H](C)[C@@H](O[C@H]2O[C@@H](C)C[C@@H](N(C)C)[C@@H]2O)C(C)(OC)C[C@@H](C)C2=NN(CCCn3cnc(-c4cccnc4)c3)N3C(=O)O[C@@]1(C)[C@H]3[C@H]2C. The standard InChI is InChI=1S/C42H63N7O9/c1-12-32-42(8)36-26(4)33(45-48(49(36)40(53)58-42)18-14-17-47-22-30(44-23-47)29-15-13-16-43-21-29)24(2)20-41(7,54-11)37(27(5)34(50)28(6)38(52)56-32)57-39-35(51)31(46(9)10)19-25(3)55-39/h13,15-16,21-28,31-32,35-37,39,51H,12,14,17-20H2,1-11H3/t24-,25+,26+,27+,28-,31-,32-,35+,36-,37-,39-,41?,42-/m1/s1. The number of aliphatic hydroxyl groups excluding tert-OH is 1. The number of cyclic esters (lactones) is 1. The van der Waals surface area contributed by atoms with Crippen molar-refractivity contribution < 1.29 is 43.2 Å². The van der Waals surface area contributed by atoms with Gasteiger partial charge in [0.15, 0.2) is 17.7 Å². The van der Waals surface area contributed by atoms with Crippen LogP contribution >= 0.6 is 0 Å². The summed E-state index contributed by atoms with van der Waals surface area (Å²) >= 11 is 0. The fraction of sp³-hybridized carbons (Fsp3) is 0.714. The van der Waals surface area contributed by atoms with Crippen molar-refractivity contribution in [2.24, 2.45) is 28.8 Å². The Balaban J connectivity index is 1.37. The van der Waals surface area contributed by atoms with Gasteiger partial charge >= 0.3 is 12.1 Å². The molecule has 16 nitrogen and oxygen atoms in total. The summed E-state index contributed by atoms with van der Waals surface area (Å²) in [7, 11) is 5.37. The molecule has 1 N–H and O–H groups in total. The normalized spacial score (nSPS) is 37.4. The smallest absolute Gasteiger partial charge is 0.431 e. The van der Waals surface area contributed by atoms with Crippen molar-refractivity contribution in [2.75, 3.05) is 27.7 Å². The number of aromatic nitrogens is 3. The fourth-order valence-electron chi connectivity index (χ4n) is 9.66.